The van der Waals surface area contributed by atoms with Crippen LogP contribution in [0.3, 0.4) is 0 Å². The molecule has 2 amide bonds. The summed E-state index contributed by atoms with van der Waals surface area (Å²) in [5, 5.41) is 3.02. The SMILES string of the molecule is Cc1cc(C)c(NC(=O)C2CC(=O)N(C(C)(C)C)C2)c(C)c1. The Hall–Kier alpha value is -1.84. The standard InChI is InChI=1S/C18H26N2O2/c1-11-7-12(2)16(13(3)8-11)19-17(22)14-9-15(21)20(10-14)18(4,5)6/h7-8,14H,9-10H2,1-6H3,(H,19,22). The van der Waals surface area contributed by atoms with E-state index < -0.39 is 0 Å². The van der Waals surface area contributed by atoms with Gasteiger partial charge >= 0.3 is 0 Å². The van der Waals surface area contributed by atoms with E-state index in [0.29, 0.717) is 13.0 Å². The lowest BCUT2D eigenvalue weighted by atomic mass is 10.0. The van der Waals surface area contributed by atoms with Crippen LogP contribution < -0.4 is 5.32 Å². The van der Waals surface area contributed by atoms with Crippen LogP contribution in [0.5, 0.6) is 0 Å². The molecule has 1 atom stereocenters. The van der Waals surface area contributed by atoms with Crippen LogP contribution in [0.25, 0.3) is 0 Å². The van der Waals surface area contributed by atoms with Crippen molar-refractivity contribution in [3.63, 3.8) is 0 Å². The summed E-state index contributed by atoms with van der Waals surface area (Å²) in [4.78, 5) is 26.4. The van der Waals surface area contributed by atoms with E-state index in [2.05, 4.69) is 17.4 Å². The Kier molecular flexibility index (Phi) is 4.32. The van der Waals surface area contributed by atoms with Crippen molar-refractivity contribution >= 4 is 17.5 Å². The number of carbonyl (C=O) groups is 2. The predicted octanol–water partition coefficient (Wildman–Crippen LogP) is 3.20. The fraction of sp³-hybridized carbons (Fsp3) is 0.556. The van der Waals surface area contributed by atoms with Crippen molar-refractivity contribution in [3.8, 4) is 0 Å². The van der Waals surface area contributed by atoms with Gasteiger partial charge in [-0.15, -0.1) is 0 Å². The zero-order chi connectivity index (χ0) is 16.7. The number of rotatable bonds is 2. The molecule has 1 N–H and O–H groups in total. The molecule has 1 unspecified atom stereocenters. The van der Waals surface area contributed by atoms with Gasteiger partial charge in [-0.25, -0.2) is 0 Å². The molecule has 0 radical (unpaired) electrons. The van der Waals surface area contributed by atoms with E-state index in [9.17, 15) is 9.59 Å². The number of benzene rings is 1. The summed E-state index contributed by atoms with van der Waals surface area (Å²) in [5.74, 6) is -0.271. The summed E-state index contributed by atoms with van der Waals surface area (Å²) in [7, 11) is 0. The van der Waals surface area contributed by atoms with Crippen LogP contribution >= 0.6 is 0 Å². The van der Waals surface area contributed by atoms with Crippen LogP contribution in [0.1, 0.15) is 43.9 Å². The molecule has 1 saturated heterocycles. The molecule has 0 aliphatic carbocycles. The molecule has 1 fully saturated rings. The Morgan fingerprint density at radius 2 is 1.73 bits per heavy atom. The second-order valence-electron chi connectivity index (χ2n) is 7.34. The lowest BCUT2D eigenvalue weighted by Crippen LogP contribution is -2.42. The van der Waals surface area contributed by atoms with E-state index in [-0.39, 0.29) is 23.3 Å². The minimum atomic E-state index is -0.271. The fourth-order valence-corrected chi connectivity index (χ4v) is 3.13. The van der Waals surface area contributed by atoms with Crippen molar-refractivity contribution in [2.24, 2.45) is 5.92 Å². The Bertz CT molecular complexity index is 591. The van der Waals surface area contributed by atoms with Crippen LogP contribution in [0, 0.1) is 26.7 Å². The number of likely N-dealkylation sites (tertiary alicyclic amines) is 1. The minimum Gasteiger partial charge on any atom is -0.337 e. The molecule has 0 saturated carbocycles. The second kappa shape index (κ2) is 5.75. The molecule has 22 heavy (non-hydrogen) atoms. The Balaban J connectivity index is 2.13. The molecule has 1 aromatic rings. The minimum absolute atomic E-state index is 0.0600. The smallest absolute Gasteiger partial charge is 0.229 e. The van der Waals surface area contributed by atoms with Gasteiger partial charge in [0.15, 0.2) is 0 Å². The first-order valence-corrected chi connectivity index (χ1v) is 7.79. The third kappa shape index (κ3) is 3.32. The van der Waals surface area contributed by atoms with E-state index >= 15 is 0 Å². The van der Waals surface area contributed by atoms with Gasteiger partial charge in [0.25, 0.3) is 0 Å². The fourth-order valence-electron chi connectivity index (χ4n) is 3.13. The van der Waals surface area contributed by atoms with Crippen LogP contribution in [0.2, 0.25) is 0 Å². The third-order valence-corrected chi connectivity index (χ3v) is 4.23. The highest BCUT2D eigenvalue weighted by Crippen LogP contribution is 2.28. The average Bonchev–Trinajstić information content (AvgIpc) is 2.75. The maximum Gasteiger partial charge on any atom is 0.229 e. The number of aryl methyl sites for hydroxylation is 3. The molecule has 4 heteroatoms. The van der Waals surface area contributed by atoms with E-state index in [1.54, 1.807) is 4.90 Å². The third-order valence-electron chi connectivity index (χ3n) is 4.23. The van der Waals surface area contributed by atoms with E-state index in [4.69, 9.17) is 0 Å². The van der Waals surface area contributed by atoms with Crippen LogP contribution in [-0.2, 0) is 9.59 Å². The largest absolute Gasteiger partial charge is 0.337 e. The summed E-state index contributed by atoms with van der Waals surface area (Å²) in [6, 6.07) is 4.12. The summed E-state index contributed by atoms with van der Waals surface area (Å²) in [5.41, 5.74) is 3.94. The topological polar surface area (TPSA) is 49.4 Å². The molecule has 4 nitrogen and oxygen atoms in total. The molecule has 1 aliphatic rings. The molecule has 0 aromatic heterocycles. The predicted molar refractivity (Wildman–Crippen MR) is 88.9 cm³/mol. The normalized spacial score (nSPS) is 18.7. The molecular formula is C18H26N2O2. The molecule has 1 heterocycles. The summed E-state index contributed by atoms with van der Waals surface area (Å²) < 4.78 is 0. The van der Waals surface area contributed by atoms with Crippen molar-refractivity contribution in [2.45, 2.75) is 53.5 Å². The van der Waals surface area contributed by atoms with E-state index in [0.717, 1.165) is 16.8 Å². The highest BCUT2D eigenvalue weighted by atomic mass is 16.2. The zero-order valence-electron chi connectivity index (χ0n) is 14.4. The van der Waals surface area contributed by atoms with Crippen LogP contribution in [0.15, 0.2) is 12.1 Å². The molecule has 2 rings (SSSR count). The number of hydrogen-bond acceptors (Lipinski definition) is 2. The summed E-state index contributed by atoms with van der Waals surface area (Å²) in [6.45, 7) is 12.5. The van der Waals surface area contributed by atoms with Crippen LogP contribution in [0.4, 0.5) is 5.69 Å². The molecule has 120 valence electrons. The molecule has 1 aliphatic heterocycles. The molecular weight excluding hydrogens is 276 g/mol. The number of amides is 2. The van der Waals surface area contributed by atoms with Crippen LogP contribution in [-0.4, -0.2) is 28.8 Å². The summed E-state index contributed by atoms with van der Waals surface area (Å²) >= 11 is 0. The summed E-state index contributed by atoms with van der Waals surface area (Å²) in [6.07, 6.45) is 0.299. The maximum absolute atomic E-state index is 12.5. The van der Waals surface area contributed by atoms with Gasteiger partial charge in [0.1, 0.15) is 0 Å². The number of nitrogens with zero attached hydrogens (tertiary/aromatic N) is 1. The first-order chi connectivity index (χ1) is 10.1. The number of carbonyl (C=O) groups excluding carboxylic acids is 2. The van der Waals surface area contributed by atoms with Gasteiger partial charge in [-0.2, -0.15) is 0 Å². The van der Waals surface area contributed by atoms with Gasteiger partial charge in [-0.3, -0.25) is 9.59 Å². The van der Waals surface area contributed by atoms with Crippen molar-refractivity contribution < 1.29 is 9.59 Å². The van der Waals surface area contributed by atoms with Gasteiger partial charge in [-0.05, 0) is 52.7 Å². The van der Waals surface area contributed by atoms with Gasteiger partial charge in [0.05, 0.1) is 5.92 Å². The first kappa shape index (κ1) is 16.5. The van der Waals surface area contributed by atoms with Gasteiger partial charge in [0, 0.05) is 24.2 Å². The average molecular weight is 302 g/mol. The number of anilines is 1. The van der Waals surface area contributed by atoms with Crippen molar-refractivity contribution in [1.29, 1.82) is 0 Å². The molecule has 1 aromatic carbocycles. The Morgan fingerprint density at radius 1 is 1.18 bits per heavy atom. The monoisotopic (exact) mass is 302 g/mol. The van der Waals surface area contributed by atoms with Crippen molar-refractivity contribution in [2.75, 3.05) is 11.9 Å². The first-order valence-electron chi connectivity index (χ1n) is 7.79. The highest BCUT2D eigenvalue weighted by Gasteiger charge is 2.39. The van der Waals surface area contributed by atoms with E-state index in [1.165, 1.54) is 5.56 Å². The van der Waals surface area contributed by atoms with Crippen molar-refractivity contribution in [3.05, 3.63) is 28.8 Å². The Labute approximate surface area is 132 Å². The second-order valence-corrected chi connectivity index (χ2v) is 7.34. The van der Waals surface area contributed by atoms with Gasteiger partial charge in [0.2, 0.25) is 11.8 Å². The number of hydrogen-bond donors (Lipinski definition) is 1. The maximum atomic E-state index is 12.5. The van der Waals surface area contributed by atoms with Gasteiger partial charge in [-0.1, -0.05) is 17.7 Å². The quantitative estimate of drug-likeness (QED) is 0.912. The lowest BCUT2D eigenvalue weighted by molar-refractivity contribution is -0.131. The van der Waals surface area contributed by atoms with E-state index in [1.807, 2.05) is 41.5 Å². The zero-order valence-corrected chi connectivity index (χ0v) is 14.4. The lowest BCUT2D eigenvalue weighted by Gasteiger charge is -2.32. The Morgan fingerprint density at radius 3 is 2.18 bits per heavy atom. The highest BCUT2D eigenvalue weighted by molar-refractivity contribution is 5.98. The van der Waals surface area contributed by atoms with Crippen molar-refractivity contribution in [1.82, 2.24) is 4.90 Å². The van der Waals surface area contributed by atoms with Gasteiger partial charge < -0.3 is 10.2 Å². The number of nitrogens with one attached hydrogen (secondary N) is 1. The molecule has 0 spiro atoms. The molecule has 0 bridgehead atoms.